The molecule has 2 atom stereocenters. The monoisotopic (exact) mass is 399 g/mol. The number of nitrogens with one attached hydrogen (secondary N) is 1. The van der Waals surface area contributed by atoms with Crippen molar-refractivity contribution < 1.29 is 27.2 Å². The van der Waals surface area contributed by atoms with Crippen molar-refractivity contribution in [2.45, 2.75) is 30.2 Å². The fourth-order valence-corrected chi connectivity index (χ4v) is 3.66. The van der Waals surface area contributed by atoms with Crippen LogP contribution in [0.25, 0.3) is 0 Å². The highest BCUT2D eigenvalue weighted by atomic mass is 35.5. The van der Waals surface area contributed by atoms with Gasteiger partial charge in [0.15, 0.2) is 5.76 Å². The summed E-state index contributed by atoms with van der Waals surface area (Å²) >= 11 is 6.10. The number of hydrogen-bond donors (Lipinski definition) is 1. The fraction of sp³-hybridized carbons (Fsp3) is 0.294. The molecular formula is C17H18ClNO6S. The van der Waals surface area contributed by atoms with Gasteiger partial charge in [-0.15, -0.1) is 11.6 Å². The van der Waals surface area contributed by atoms with Crippen molar-refractivity contribution in [1.29, 1.82) is 0 Å². The maximum Gasteiger partial charge on any atom is 0.326 e. The van der Waals surface area contributed by atoms with Gasteiger partial charge in [0.25, 0.3) is 0 Å². The van der Waals surface area contributed by atoms with Crippen molar-refractivity contribution >= 4 is 33.4 Å². The average molecular weight is 400 g/mol. The van der Waals surface area contributed by atoms with Gasteiger partial charge in [-0.25, -0.2) is 8.42 Å². The molecule has 0 saturated carbocycles. The summed E-state index contributed by atoms with van der Waals surface area (Å²) in [5.41, 5.74) is 0.870. The number of halogens is 1. The van der Waals surface area contributed by atoms with E-state index in [0.717, 1.165) is 5.56 Å². The molecule has 1 heterocycles. The first kappa shape index (κ1) is 20.2. The van der Waals surface area contributed by atoms with Crippen LogP contribution in [0.1, 0.15) is 23.0 Å². The third-order valence-electron chi connectivity index (χ3n) is 3.46. The molecule has 9 heteroatoms. The lowest BCUT2D eigenvalue weighted by Gasteiger charge is -2.20. The zero-order valence-corrected chi connectivity index (χ0v) is 15.7. The Morgan fingerprint density at radius 2 is 1.88 bits per heavy atom. The van der Waals surface area contributed by atoms with Crippen molar-refractivity contribution in [3.8, 4) is 0 Å². The van der Waals surface area contributed by atoms with Crippen LogP contribution in [-0.4, -0.2) is 38.2 Å². The third-order valence-corrected chi connectivity index (χ3v) is 5.37. The van der Waals surface area contributed by atoms with E-state index in [9.17, 15) is 18.0 Å². The second kappa shape index (κ2) is 8.48. The molecular weight excluding hydrogens is 382 g/mol. The van der Waals surface area contributed by atoms with Crippen LogP contribution in [0.3, 0.4) is 0 Å². The zero-order chi connectivity index (χ0) is 19.3. The largest absolute Gasteiger partial charge is 0.465 e. The van der Waals surface area contributed by atoms with Gasteiger partial charge < -0.3 is 9.15 Å². The molecule has 26 heavy (non-hydrogen) atoms. The average Bonchev–Trinajstić information content (AvgIpc) is 3.13. The Labute approximate surface area is 156 Å². The molecule has 1 aromatic carbocycles. The van der Waals surface area contributed by atoms with E-state index in [4.69, 9.17) is 20.8 Å². The highest BCUT2D eigenvalue weighted by Gasteiger charge is 2.38. The number of ketones is 1. The van der Waals surface area contributed by atoms with Crippen LogP contribution in [0.15, 0.2) is 52.0 Å². The van der Waals surface area contributed by atoms with E-state index in [1.807, 2.05) is 6.92 Å². The predicted octanol–water partition coefficient (Wildman–Crippen LogP) is 2.29. The third kappa shape index (κ3) is 4.72. The maximum absolute atomic E-state index is 12.6. The van der Waals surface area contributed by atoms with Crippen molar-refractivity contribution in [1.82, 2.24) is 4.72 Å². The first-order valence-electron chi connectivity index (χ1n) is 7.73. The Kier molecular flexibility index (Phi) is 6.57. The summed E-state index contributed by atoms with van der Waals surface area (Å²) in [4.78, 5) is 24.5. The summed E-state index contributed by atoms with van der Waals surface area (Å²) in [7, 11) is -4.11. The normalized spacial score (nSPS) is 13.8. The lowest BCUT2D eigenvalue weighted by molar-refractivity contribution is -0.144. The number of rotatable bonds is 8. The summed E-state index contributed by atoms with van der Waals surface area (Å²) in [6.07, 6.45) is 1.27. The molecule has 0 aliphatic carbocycles. The molecule has 1 aromatic heterocycles. The van der Waals surface area contributed by atoms with Crippen LogP contribution in [0, 0.1) is 6.92 Å². The van der Waals surface area contributed by atoms with E-state index in [-0.39, 0.29) is 17.3 Å². The van der Waals surface area contributed by atoms with Crippen LogP contribution >= 0.6 is 11.6 Å². The first-order valence-corrected chi connectivity index (χ1v) is 9.65. The van der Waals surface area contributed by atoms with Crippen molar-refractivity contribution in [2.24, 2.45) is 0 Å². The number of ether oxygens (including phenoxy) is 1. The highest BCUT2D eigenvalue weighted by molar-refractivity contribution is 7.89. The summed E-state index contributed by atoms with van der Waals surface area (Å²) < 4.78 is 37.1. The molecule has 0 unspecified atom stereocenters. The molecule has 2 rings (SSSR count). The van der Waals surface area contributed by atoms with Crippen LogP contribution in [-0.2, 0) is 19.6 Å². The topological polar surface area (TPSA) is 103 Å². The minimum Gasteiger partial charge on any atom is -0.465 e. The molecule has 1 N–H and O–H groups in total. The summed E-state index contributed by atoms with van der Waals surface area (Å²) in [6, 6.07) is 7.23. The molecule has 0 spiro atoms. The Bertz CT molecular complexity index is 861. The van der Waals surface area contributed by atoms with E-state index in [2.05, 4.69) is 4.72 Å². The molecule has 0 saturated heterocycles. The second-order valence-electron chi connectivity index (χ2n) is 5.41. The standard InChI is InChI=1S/C17H18ClNO6S/c1-3-24-17(21)15(14(18)16(20)13-5-4-10-25-13)19-26(22,23)12-8-6-11(2)7-9-12/h4-10,14-15,19H,3H2,1-2H3/t14-,15+/m1/s1. The molecule has 140 valence electrons. The number of aryl methyl sites for hydroxylation is 1. The molecule has 7 nitrogen and oxygen atoms in total. The van der Waals surface area contributed by atoms with E-state index in [1.165, 1.54) is 30.5 Å². The number of alkyl halides is 1. The number of sulfonamides is 1. The van der Waals surface area contributed by atoms with Gasteiger partial charge in [-0.05, 0) is 38.1 Å². The van der Waals surface area contributed by atoms with Gasteiger partial charge in [0.2, 0.25) is 15.8 Å². The van der Waals surface area contributed by atoms with Gasteiger partial charge in [0.05, 0.1) is 17.8 Å². The van der Waals surface area contributed by atoms with Crippen molar-refractivity contribution in [3.63, 3.8) is 0 Å². The van der Waals surface area contributed by atoms with E-state index < -0.39 is 33.2 Å². The summed E-state index contributed by atoms with van der Waals surface area (Å²) in [5.74, 6) is -1.78. The number of furan rings is 1. The van der Waals surface area contributed by atoms with E-state index in [1.54, 1.807) is 19.1 Å². The van der Waals surface area contributed by atoms with E-state index >= 15 is 0 Å². The maximum atomic E-state index is 12.6. The Morgan fingerprint density at radius 1 is 1.23 bits per heavy atom. The van der Waals surface area contributed by atoms with Crippen LogP contribution in [0.2, 0.25) is 0 Å². The molecule has 0 amide bonds. The Morgan fingerprint density at radius 3 is 2.42 bits per heavy atom. The van der Waals surface area contributed by atoms with Gasteiger partial charge in [-0.2, -0.15) is 4.72 Å². The molecule has 0 aliphatic heterocycles. The van der Waals surface area contributed by atoms with Crippen LogP contribution in [0.4, 0.5) is 0 Å². The predicted molar refractivity (Wildman–Crippen MR) is 94.6 cm³/mol. The smallest absolute Gasteiger partial charge is 0.326 e. The Balaban J connectivity index is 2.31. The van der Waals surface area contributed by atoms with E-state index in [0.29, 0.717) is 0 Å². The first-order chi connectivity index (χ1) is 12.3. The zero-order valence-electron chi connectivity index (χ0n) is 14.1. The van der Waals surface area contributed by atoms with Crippen molar-refractivity contribution in [2.75, 3.05) is 6.61 Å². The number of hydrogen-bond acceptors (Lipinski definition) is 6. The lowest BCUT2D eigenvalue weighted by Crippen LogP contribution is -2.50. The minimum atomic E-state index is -4.11. The van der Waals surface area contributed by atoms with Gasteiger partial charge in [-0.3, -0.25) is 9.59 Å². The SMILES string of the molecule is CCOC(=O)[C@@H](NS(=O)(=O)c1ccc(C)cc1)[C@@H](Cl)C(=O)c1ccco1. The van der Waals surface area contributed by atoms with Gasteiger partial charge in [0, 0.05) is 0 Å². The second-order valence-corrected chi connectivity index (χ2v) is 7.59. The van der Waals surface area contributed by atoms with Crippen LogP contribution < -0.4 is 4.72 Å². The summed E-state index contributed by atoms with van der Waals surface area (Å²) in [6.45, 7) is 3.36. The summed E-state index contributed by atoms with van der Waals surface area (Å²) in [5, 5.41) is -1.54. The van der Waals surface area contributed by atoms with Gasteiger partial charge >= 0.3 is 5.97 Å². The molecule has 0 bridgehead atoms. The minimum absolute atomic E-state index is 0.000143. The number of Topliss-reactive ketones (excluding diaryl/α,β-unsaturated/α-hetero) is 1. The molecule has 0 aliphatic rings. The fourth-order valence-electron chi connectivity index (χ4n) is 2.12. The number of carbonyl (C=O) groups excluding carboxylic acids is 2. The van der Waals surface area contributed by atoms with Gasteiger partial charge in [0.1, 0.15) is 11.4 Å². The number of esters is 1. The quantitative estimate of drug-likeness (QED) is 0.415. The van der Waals surface area contributed by atoms with Crippen LogP contribution in [0.5, 0.6) is 0 Å². The highest BCUT2D eigenvalue weighted by Crippen LogP contribution is 2.17. The lowest BCUT2D eigenvalue weighted by atomic mass is 10.1. The molecule has 0 radical (unpaired) electrons. The molecule has 0 fully saturated rings. The molecule has 2 aromatic rings. The number of carbonyl (C=O) groups is 2. The number of benzene rings is 1. The van der Waals surface area contributed by atoms with Gasteiger partial charge in [-0.1, -0.05) is 17.7 Å². The van der Waals surface area contributed by atoms with Crippen molar-refractivity contribution in [3.05, 3.63) is 54.0 Å². The Hall–Kier alpha value is -2.16.